The minimum atomic E-state index is -3.23. The Kier molecular flexibility index (Phi) is 3.45. The third kappa shape index (κ3) is 2.78. The lowest BCUT2D eigenvalue weighted by Gasteiger charge is -2.16. The Morgan fingerprint density at radius 2 is 1.95 bits per heavy atom. The zero-order chi connectivity index (χ0) is 15.0. The lowest BCUT2D eigenvalue weighted by molar-refractivity contribution is 0.602. The first-order chi connectivity index (χ1) is 9.95. The van der Waals surface area contributed by atoms with Crippen LogP contribution in [0.1, 0.15) is 23.6 Å². The van der Waals surface area contributed by atoms with Crippen molar-refractivity contribution < 1.29 is 12.8 Å². The number of benzene rings is 2. The fourth-order valence-corrected chi connectivity index (χ4v) is 3.44. The Morgan fingerprint density at radius 3 is 2.71 bits per heavy atom. The number of halogens is 1. The van der Waals surface area contributed by atoms with Crippen LogP contribution in [0.5, 0.6) is 0 Å². The number of anilines is 1. The third-order valence-electron chi connectivity index (χ3n) is 3.82. The summed E-state index contributed by atoms with van der Waals surface area (Å²) >= 11 is 0. The van der Waals surface area contributed by atoms with E-state index in [0.29, 0.717) is 6.42 Å². The molecule has 110 valence electrons. The molecule has 3 rings (SSSR count). The maximum Gasteiger partial charge on any atom is 0.175 e. The van der Waals surface area contributed by atoms with Crippen LogP contribution in [0.2, 0.25) is 0 Å². The van der Waals surface area contributed by atoms with Crippen molar-refractivity contribution in [1.82, 2.24) is 0 Å². The highest BCUT2D eigenvalue weighted by atomic mass is 32.2. The van der Waals surface area contributed by atoms with Gasteiger partial charge in [0, 0.05) is 11.9 Å². The average Bonchev–Trinajstić information content (AvgIpc) is 2.83. The highest BCUT2D eigenvalue weighted by molar-refractivity contribution is 7.90. The van der Waals surface area contributed by atoms with Gasteiger partial charge in [0.05, 0.1) is 10.9 Å². The summed E-state index contributed by atoms with van der Waals surface area (Å²) in [5.74, 6) is -0.165. The molecule has 0 spiro atoms. The Balaban J connectivity index is 1.89. The summed E-state index contributed by atoms with van der Waals surface area (Å²) < 4.78 is 36.9. The van der Waals surface area contributed by atoms with E-state index in [2.05, 4.69) is 5.32 Å². The molecule has 2 aromatic rings. The van der Waals surface area contributed by atoms with Gasteiger partial charge in [-0.2, -0.15) is 0 Å². The molecule has 1 aliphatic rings. The summed E-state index contributed by atoms with van der Waals surface area (Å²) in [5, 5.41) is 3.31. The van der Waals surface area contributed by atoms with Crippen molar-refractivity contribution in [3.63, 3.8) is 0 Å². The van der Waals surface area contributed by atoms with Crippen molar-refractivity contribution in [1.29, 1.82) is 0 Å². The Hall–Kier alpha value is -1.88. The molecule has 0 aliphatic heterocycles. The van der Waals surface area contributed by atoms with Gasteiger partial charge in [-0.25, -0.2) is 12.8 Å². The second-order valence-electron chi connectivity index (χ2n) is 5.34. The molecule has 1 N–H and O–H groups in total. The predicted molar refractivity (Wildman–Crippen MR) is 80.6 cm³/mol. The second kappa shape index (κ2) is 5.15. The van der Waals surface area contributed by atoms with Crippen LogP contribution >= 0.6 is 0 Å². The summed E-state index contributed by atoms with van der Waals surface area (Å²) in [7, 11) is -3.23. The molecule has 2 aromatic carbocycles. The van der Waals surface area contributed by atoms with Crippen LogP contribution < -0.4 is 5.32 Å². The SMILES string of the molecule is CS(=O)(=O)c1cccc(NC2CCc3c(F)cccc32)c1. The maximum atomic E-state index is 13.7. The topological polar surface area (TPSA) is 46.2 Å². The molecule has 0 aromatic heterocycles. The number of hydrogen-bond acceptors (Lipinski definition) is 3. The largest absolute Gasteiger partial charge is 0.378 e. The van der Waals surface area contributed by atoms with E-state index in [1.807, 2.05) is 12.1 Å². The fourth-order valence-electron chi connectivity index (χ4n) is 2.78. The lowest BCUT2D eigenvalue weighted by atomic mass is 10.1. The van der Waals surface area contributed by atoms with Gasteiger partial charge in [-0.15, -0.1) is 0 Å². The molecule has 0 heterocycles. The summed E-state index contributed by atoms with van der Waals surface area (Å²) in [6.45, 7) is 0. The molecule has 0 radical (unpaired) electrons. The van der Waals surface area contributed by atoms with Crippen LogP contribution in [0.25, 0.3) is 0 Å². The van der Waals surface area contributed by atoms with Crippen LogP contribution in [0.3, 0.4) is 0 Å². The van der Waals surface area contributed by atoms with Crippen molar-refractivity contribution in [2.45, 2.75) is 23.8 Å². The molecule has 0 bridgehead atoms. The van der Waals surface area contributed by atoms with Gasteiger partial charge in [0.15, 0.2) is 9.84 Å². The molecule has 3 nitrogen and oxygen atoms in total. The van der Waals surface area contributed by atoms with Gasteiger partial charge in [0.2, 0.25) is 0 Å². The van der Waals surface area contributed by atoms with Crippen molar-refractivity contribution in [2.24, 2.45) is 0 Å². The van der Waals surface area contributed by atoms with Crippen LogP contribution in [-0.2, 0) is 16.3 Å². The Bertz CT molecular complexity index is 787. The van der Waals surface area contributed by atoms with Crippen LogP contribution in [0, 0.1) is 5.82 Å². The molecule has 5 heteroatoms. The average molecular weight is 305 g/mol. The van der Waals surface area contributed by atoms with E-state index in [1.54, 1.807) is 24.3 Å². The monoisotopic (exact) mass is 305 g/mol. The number of rotatable bonds is 3. The van der Waals surface area contributed by atoms with Crippen molar-refractivity contribution >= 4 is 15.5 Å². The number of nitrogens with one attached hydrogen (secondary N) is 1. The molecule has 1 aliphatic carbocycles. The zero-order valence-corrected chi connectivity index (χ0v) is 12.5. The highest BCUT2D eigenvalue weighted by Gasteiger charge is 2.24. The number of fused-ring (bicyclic) bond motifs is 1. The van der Waals surface area contributed by atoms with Gasteiger partial charge >= 0.3 is 0 Å². The molecule has 1 unspecified atom stereocenters. The Morgan fingerprint density at radius 1 is 1.19 bits per heavy atom. The smallest absolute Gasteiger partial charge is 0.175 e. The minimum absolute atomic E-state index is 0.0190. The molecule has 0 fully saturated rings. The first kappa shape index (κ1) is 14.1. The molecular formula is C16H16FNO2S. The first-order valence-electron chi connectivity index (χ1n) is 6.79. The van der Waals surface area contributed by atoms with E-state index in [0.717, 1.165) is 23.2 Å². The lowest BCUT2D eigenvalue weighted by Crippen LogP contribution is -2.08. The molecule has 0 saturated heterocycles. The van der Waals surface area contributed by atoms with E-state index in [4.69, 9.17) is 0 Å². The highest BCUT2D eigenvalue weighted by Crippen LogP contribution is 2.35. The summed E-state index contributed by atoms with van der Waals surface area (Å²) in [6.07, 6.45) is 2.69. The fraction of sp³-hybridized carbons (Fsp3) is 0.250. The molecular weight excluding hydrogens is 289 g/mol. The van der Waals surface area contributed by atoms with Crippen LogP contribution in [0.4, 0.5) is 10.1 Å². The van der Waals surface area contributed by atoms with E-state index >= 15 is 0 Å². The Labute approximate surface area is 123 Å². The van der Waals surface area contributed by atoms with Gasteiger partial charge in [-0.1, -0.05) is 18.2 Å². The molecule has 0 saturated carbocycles. The van der Waals surface area contributed by atoms with Crippen molar-refractivity contribution in [2.75, 3.05) is 11.6 Å². The molecule has 21 heavy (non-hydrogen) atoms. The molecule has 0 amide bonds. The zero-order valence-electron chi connectivity index (χ0n) is 11.6. The third-order valence-corrected chi connectivity index (χ3v) is 4.93. The first-order valence-corrected chi connectivity index (χ1v) is 8.68. The standard InChI is InChI=1S/C16H16FNO2S/c1-21(19,20)12-5-2-4-11(10-12)18-16-9-8-13-14(16)6-3-7-15(13)17/h2-7,10,16,18H,8-9H2,1H3. The van der Waals surface area contributed by atoms with Crippen LogP contribution in [-0.4, -0.2) is 14.7 Å². The van der Waals surface area contributed by atoms with Crippen molar-refractivity contribution in [3.05, 3.63) is 59.4 Å². The normalized spacial score (nSPS) is 17.5. The van der Waals surface area contributed by atoms with Gasteiger partial charge in [0.1, 0.15) is 5.82 Å². The summed E-state index contributed by atoms with van der Waals surface area (Å²) in [6, 6.07) is 11.8. The van der Waals surface area contributed by atoms with E-state index < -0.39 is 9.84 Å². The quantitative estimate of drug-likeness (QED) is 0.946. The number of hydrogen-bond donors (Lipinski definition) is 1. The van der Waals surface area contributed by atoms with Crippen LogP contribution in [0.15, 0.2) is 47.4 Å². The van der Waals surface area contributed by atoms with Gasteiger partial charge in [-0.3, -0.25) is 0 Å². The minimum Gasteiger partial charge on any atom is -0.378 e. The summed E-state index contributed by atoms with van der Waals surface area (Å²) in [4.78, 5) is 0.282. The van der Waals surface area contributed by atoms with E-state index in [1.165, 1.54) is 12.3 Å². The molecule has 1 atom stereocenters. The van der Waals surface area contributed by atoms with E-state index in [-0.39, 0.29) is 16.8 Å². The van der Waals surface area contributed by atoms with Gasteiger partial charge < -0.3 is 5.32 Å². The number of sulfone groups is 1. The second-order valence-corrected chi connectivity index (χ2v) is 7.36. The van der Waals surface area contributed by atoms with E-state index in [9.17, 15) is 12.8 Å². The van der Waals surface area contributed by atoms with Gasteiger partial charge in [-0.05, 0) is 48.2 Å². The maximum absolute atomic E-state index is 13.7. The summed E-state index contributed by atoms with van der Waals surface area (Å²) in [5.41, 5.74) is 2.45. The predicted octanol–water partition coefficient (Wildman–Crippen LogP) is 3.33. The van der Waals surface area contributed by atoms with Gasteiger partial charge in [0.25, 0.3) is 0 Å². The van der Waals surface area contributed by atoms with Crippen molar-refractivity contribution in [3.8, 4) is 0 Å².